The molecule has 0 saturated carbocycles. The number of hydrogen-bond donors (Lipinski definition) is 3. The number of pyridine rings is 1. The highest BCUT2D eigenvalue weighted by Crippen LogP contribution is 2.37. The topological polar surface area (TPSA) is 138 Å². The molecule has 1 amide bonds. The Morgan fingerprint density at radius 3 is 2.35 bits per heavy atom. The smallest absolute Gasteiger partial charge is 0.306 e. The first-order valence-corrected chi connectivity index (χ1v) is 16.4. The normalized spacial score (nSPS) is 16.9. The number of hydrogen-bond acceptors (Lipinski definition) is 8. The zero-order valence-electron chi connectivity index (χ0n) is 27.2. The highest BCUT2D eigenvalue weighted by Gasteiger charge is 2.33. The Morgan fingerprint density at radius 2 is 1.63 bits per heavy atom. The molecule has 0 aliphatic carbocycles. The van der Waals surface area contributed by atoms with Crippen LogP contribution in [-0.2, 0) is 11.3 Å². The number of aryl methyl sites for hydroxylation is 1. The van der Waals surface area contributed by atoms with Gasteiger partial charge >= 0.3 is 5.97 Å². The van der Waals surface area contributed by atoms with Gasteiger partial charge in [-0.2, -0.15) is 5.10 Å². The lowest BCUT2D eigenvalue weighted by Gasteiger charge is -2.38. The highest BCUT2D eigenvalue weighted by atomic mass is 19.3. The Balaban J connectivity index is 1.12. The van der Waals surface area contributed by atoms with E-state index in [0.29, 0.717) is 54.0 Å². The van der Waals surface area contributed by atoms with Crippen LogP contribution < -0.4 is 10.6 Å². The monoisotopic (exact) mass is 666 g/mol. The van der Waals surface area contributed by atoms with E-state index in [0.717, 1.165) is 47.3 Å². The molecule has 5 heterocycles. The summed E-state index contributed by atoms with van der Waals surface area (Å²) in [5.74, 6) is -1.73. The van der Waals surface area contributed by atoms with Crippen LogP contribution in [0, 0.1) is 19.8 Å². The minimum atomic E-state index is -2.84. The molecule has 2 aromatic carbocycles. The van der Waals surface area contributed by atoms with Crippen LogP contribution in [0.2, 0.25) is 0 Å². The third kappa shape index (κ3) is 6.33. The van der Waals surface area contributed by atoms with Crippen molar-refractivity contribution in [1.82, 2.24) is 29.6 Å². The van der Waals surface area contributed by atoms with Crippen molar-refractivity contribution in [3.05, 3.63) is 89.1 Å². The van der Waals surface area contributed by atoms with E-state index in [4.69, 9.17) is 0 Å². The molecule has 0 unspecified atom stereocenters. The van der Waals surface area contributed by atoms with E-state index >= 15 is 0 Å². The number of rotatable bonds is 8. The van der Waals surface area contributed by atoms with Gasteiger partial charge in [0.1, 0.15) is 5.52 Å². The van der Waals surface area contributed by atoms with Crippen molar-refractivity contribution in [2.45, 2.75) is 58.5 Å². The highest BCUT2D eigenvalue weighted by molar-refractivity contribution is 6.04. The number of piperidine rings is 1. The number of aromatic nitrogens is 5. The Kier molecular flexibility index (Phi) is 8.76. The maximum absolute atomic E-state index is 13.6. The van der Waals surface area contributed by atoms with Gasteiger partial charge in [-0.1, -0.05) is 24.3 Å². The predicted molar refractivity (Wildman–Crippen MR) is 181 cm³/mol. The molecule has 3 N–H and O–H groups in total. The van der Waals surface area contributed by atoms with Crippen molar-refractivity contribution in [2.24, 2.45) is 5.92 Å². The van der Waals surface area contributed by atoms with Crippen LogP contribution in [0.4, 0.5) is 26.0 Å². The van der Waals surface area contributed by atoms with E-state index in [9.17, 15) is 23.5 Å². The second-order valence-electron chi connectivity index (χ2n) is 12.6. The van der Waals surface area contributed by atoms with E-state index < -0.39 is 18.2 Å². The number of amides is 1. The lowest BCUT2D eigenvalue weighted by molar-refractivity contribution is -0.143. The van der Waals surface area contributed by atoms with Crippen LogP contribution in [-0.4, -0.2) is 59.7 Å². The average Bonchev–Trinajstić information content (AvgIpc) is 3.55. The summed E-state index contributed by atoms with van der Waals surface area (Å²) in [6.45, 7) is 6.02. The number of halogens is 2. The summed E-state index contributed by atoms with van der Waals surface area (Å²) in [5.41, 5.74) is 6.84. The lowest BCUT2D eigenvalue weighted by atomic mass is 9.93. The minimum absolute atomic E-state index is 0.101. The molecule has 5 aromatic rings. The van der Waals surface area contributed by atoms with E-state index in [2.05, 4.69) is 35.6 Å². The molecule has 1 fully saturated rings. The van der Waals surface area contributed by atoms with Gasteiger partial charge in [-0.25, -0.2) is 18.7 Å². The van der Waals surface area contributed by atoms with Crippen molar-refractivity contribution >= 4 is 40.1 Å². The van der Waals surface area contributed by atoms with E-state index in [-0.39, 0.29) is 23.7 Å². The summed E-state index contributed by atoms with van der Waals surface area (Å²) in [6.07, 6.45) is 1.85. The van der Waals surface area contributed by atoms with Gasteiger partial charge in [0.2, 0.25) is 0 Å². The maximum Gasteiger partial charge on any atom is 0.306 e. The third-order valence-corrected chi connectivity index (χ3v) is 9.68. The number of aliphatic carboxylic acids is 1. The van der Waals surface area contributed by atoms with Gasteiger partial charge in [-0.15, -0.1) is 0 Å². The number of likely N-dealkylation sites (tertiary alicyclic amines) is 1. The fraction of sp³-hybridized carbons (Fsp3) is 0.333. The first-order valence-electron chi connectivity index (χ1n) is 16.4. The molecular formula is C36H36F2N8O3. The predicted octanol–water partition coefficient (Wildman–Crippen LogP) is 7.07. The minimum Gasteiger partial charge on any atom is -0.481 e. The number of alkyl halides is 2. The molecular weight excluding hydrogens is 630 g/mol. The van der Waals surface area contributed by atoms with Crippen molar-refractivity contribution in [3.8, 4) is 11.1 Å². The summed E-state index contributed by atoms with van der Waals surface area (Å²) in [5, 5.41) is 20.3. The van der Waals surface area contributed by atoms with E-state index in [1.807, 2.05) is 61.0 Å². The molecule has 0 bridgehead atoms. The van der Waals surface area contributed by atoms with Crippen LogP contribution in [0.15, 0.2) is 60.8 Å². The van der Waals surface area contributed by atoms with Gasteiger partial charge in [-0.3, -0.25) is 24.2 Å². The Bertz CT molecular complexity index is 2060. The van der Waals surface area contributed by atoms with Gasteiger partial charge in [0.05, 0.1) is 23.2 Å². The second-order valence-corrected chi connectivity index (χ2v) is 12.6. The zero-order valence-corrected chi connectivity index (χ0v) is 27.2. The molecule has 3 aromatic heterocycles. The first kappa shape index (κ1) is 32.3. The van der Waals surface area contributed by atoms with E-state index in [1.54, 1.807) is 18.3 Å². The van der Waals surface area contributed by atoms with Crippen molar-refractivity contribution in [1.29, 1.82) is 0 Å². The Morgan fingerprint density at radius 1 is 0.918 bits per heavy atom. The largest absolute Gasteiger partial charge is 0.481 e. The number of benzene rings is 2. The molecule has 2 aliphatic heterocycles. The summed E-state index contributed by atoms with van der Waals surface area (Å²) < 4.78 is 29.2. The summed E-state index contributed by atoms with van der Waals surface area (Å²) in [6, 6.07) is 16.6. The van der Waals surface area contributed by atoms with Gasteiger partial charge in [0, 0.05) is 24.1 Å². The molecule has 252 valence electrons. The van der Waals surface area contributed by atoms with E-state index in [1.165, 1.54) is 0 Å². The molecule has 1 saturated heterocycles. The second kappa shape index (κ2) is 13.3. The van der Waals surface area contributed by atoms with Gasteiger partial charge in [0.15, 0.2) is 17.3 Å². The van der Waals surface area contributed by atoms with Crippen LogP contribution in [0.25, 0.3) is 22.2 Å². The van der Waals surface area contributed by atoms with Gasteiger partial charge < -0.3 is 15.7 Å². The number of fused-ring (bicyclic) bond motifs is 2. The number of carboxylic acids is 1. The van der Waals surface area contributed by atoms with Gasteiger partial charge in [-0.05, 0) is 105 Å². The van der Waals surface area contributed by atoms with Crippen LogP contribution in [0.3, 0.4) is 0 Å². The third-order valence-electron chi connectivity index (χ3n) is 9.68. The molecule has 49 heavy (non-hydrogen) atoms. The maximum atomic E-state index is 13.6. The quantitative estimate of drug-likeness (QED) is 0.159. The fourth-order valence-corrected chi connectivity index (χ4v) is 7.01. The number of carboxylic acid groups (broad SMARTS) is 1. The molecule has 2 aliphatic rings. The van der Waals surface area contributed by atoms with Gasteiger partial charge in [0.25, 0.3) is 12.3 Å². The van der Waals surface area contributed by atoms with Crippen LogP contribution >= 0.6 is 0 Å². The molecule has 11 nitrogen and oxygen atoms in total. The lowest BCUT2D eigenvalue weighted by Crippen LogP contribution is -2.40. The fourth-order valence-electron chi connectivity index (χ4n) is 7.01. The number of anilines is 3. The standard InChI is InChI=1S/C36H36F2N8O3/c1-20-23(7-3-9-25(20)40-33-31-27(11-5-15-39-31)41-34(43-33)32(37)38)24-8-4-10-26(21(24)2)42-35(47)28-19-30-29(12-6-16-46(30)44-28)45-17-13-22(14-18-45)36(48)49/h3-5,7-11,15,19,22,29,32H,6,12-14,16-18H2,1-2H3,(H,42,47)(H,48,49)(H,40,41,43)/t29-/m0/s1. The van der Waals surface area contributed by atoms with Crippen molar-refractivity contribution in [2.75, 3.05) is 23.7 Å². The summed E-state index contributed by atoms with van der Waals surface area (Å²) >= 11 is 0. The Labute approximate surface area is 281 Å². The molecule has 13 heteroatoms. The summed E-state index contributed by atoms with van der Waals surface area (Å²) in [4.78, 5) is 39.7. The van der Waals surface area contributed by atoms with Crippen molar-refractivity contribution < 1.29 is 23.5 Å². The Hall–Kier alpha value is -5.30. The van der Waals surface area contributed by atoms with Crippen LogP contribution in [0.1, 0.15) is 71.3 Å². The number of nitrogens with one attached hydrogen (secondary N) is 2. The number of nitrogens with zero attached hydrogens (tertiary/aromatic N) is 6. The number of carbonyl (C=O) groups excluding carboxylic acids is 1. The van der Waals surface area contributed by atoms with Crippen LogP contribution in [0.5, 0.6) is 0 Å². The molecule has 0 spiro atoms. The average molecular weight is 667 g/mol. The molecule has 7 rings (SSSR count). The number of carbonyl (C=O) groups is 2. The summed E-state index contributed by atoms with van der Waals surface area (Å²) in [7, 11) is 0. The molecule has 0 radical (unpaired) electrons. The zero-order chi connectivity index (χ0) is 34.2. The SMILES string of the molecule is Cc1c(NC(=O)c2cc3n(n2)CCC[C@@H]3N2CCC(C(=O)O)CC2)cccc1-c1cccc(Nc2nc(C(F)F)nc3cccnc23)c1C. The molecule has 1 atom stereocenters. The first-order chi connectivity index (χ1) is 23.7. The van der Waals surface area contributed by atoms with Crippen molar-refractivity contribution in [3.63, 3.8) is 0 Å².